The number of hydrogen-bond acceptors (Lipinski definition) is 5. The van der Waals surface area contributed by atoms with E-state index in [-0.39, 0.29) is 5.91 Å². The number of rotatable bonds is 7. The molecule has 0 bridgehead atoms. The molecule has 0 aromatic heterocycles. The van der Waals surface area contributed by atoms with Gasteiger partial charge in [0.2, 0.25) is 0 Å². The van der Waals surface area contributed by atoms with Gasteiger partial charge in [0.05, 0.1) is 28.2 Å². The highest BCUT2D eigenvalue weighted by Gasteiger charge is 2.22. The molecule has 1 aliphatic heterocycles. The van der Waals surface area contributed by atoms with Crippen molar-refractivity contribution < 1.29 is 14.3 Å². The molecule has 1 amide bonds. The Hall–Kier alpha value is -1.73. The second kappa shape index (κ2) is 9.65. The summed E-state index contributed by atoms with van der Waals surface area (Å²) in [6, 6.07) is 11.3. The van der Waals surface area contributed by atoms with Crippen molar-refractivity contribution in [3.63, 3.8) is 0 Å². The number of benzene rings is 2. The van der Waals surface area contributed by atoms with Gasteiger partial charge in [0.1, 0.15) is 10.1 Å². The molecule has 3 rings (SSSR count). The lowest BCUT2D eigenvalue weighted by Crippen LogP contribution is -2.17. The lowest BCUT2D eigenvalue weighted by atomic mass is 10.2. The third-order valence-corrected chi connectivity index (χ3v) is 5.57. The van der Waals surface area contributed by atoms with Crippen LogP contribution in [0.4, 0.5) is 0 Å². The van der Waals surface area contributed by atoms with Gasteiger partial charge in [-0.2, -0.15) is 0 Å². The van der Waals surface area contributed by atoms with Crippen LogP contribution in [0.5, 0.6) is 11.5 Å². The summed E-state index contributed by atoms with van der Waals surface area (Å²) in [6.45, 7) is 2.94. The molecule has 1 N–H and O–H groups in total. The van der Waals surface area contributed by atoms with Crippen molar-refractivity contribution in [2.45, 2.75) is 13.3 Å². The largest absolute Gasteiger partial charge is 0.493 e. The maximum Gasteiger partial charge on any atom is 0.263 e. The number of hydrogen-bond donors (Lipinski definition) is 1. The molecule has 1 heterocycles. The summed E-state index contributed by atoms with van der Waals surface area (Å²) in [4.78, 5) is 12.3. The number of amides is 1. The van der Waals surface area contributed by atoms with E-state index in [4.69, 9.17) is 44.9 Å². The molecule has 4 nitrogen and oxygen atoms in total. The van der Waals surface area contributed by atoms with Gasteiger partial charge >= 0.3 is 0 Å². The van der Waals surface area contributed by atoms with Gasteiger partial charge < -0.3 is 14.8 Å². The molecule has 2 aromatic rings. The Kier molecular flexibility index (Phi) is 7.24. The summed E-state index contributed by atoms with van der Waals surface area (Å²) in [7, 11) is 0. The van der Waals surface area contributed by atoms with Crippen LogP contribution in [0.15, 0.2) is 41.3 Å². The van der Waals surface area contributed by atoms with E-state index in [1.54, 1.807) is 18.2 Å². The second-order valence-corrected chi connectivity index (χ2v) is 8.52. The molecule has 1 saturated heterocycles. The summed E-state index contributed by atoms with van der Waals surface area (Å²) in [6.07, 6.45) is 2.37. The standard InChI is InChI=1S/C20H17Cl2NO3S2/c1-12-5-2-3-6-16(12)25-7-4-8-26-18-14(21)9-13(10-15(18)22)11-17-19(24)23-20(27)28-17/h2-3,5-6,9-11H,4,7-8H2,1H3,(H,23,24,27). The van der Waals surface area contributed by atoms with Crippen LogP contribution in [-0.4, -0.2) is 23.4 Å². The summed E-state index contributed by atoms with van der Waals surface area (Å²) >= 11 is 18.8. The SMILES string of the molecule is Cc1ccccc1OCCCOc1c(Cl)cc(C=C2SC(=S)NC2=O)cc1Cl. The van der Waals surface area contributed by atoms with Gasteiger partial charge in [-0.15, -0.1) is 0 Å². The lowest BCUT2D eigenvalue weighted by molar-refractivity contribution is -0.115. The fourth-order valence-corrected chi connectivity index (χ4v) is 4.16. The highest BCUT2D eigenvalue weighted by molar-refractivity contribution is 8.26. The first-order valence-electron chi connectivity index (χ1n) is 8.49. The van der Waals surface area contributed by atoms with Gasteiger partial charge in [0, 0.05) is 6.42 Å². The molecule has 0 radical (unpaired) electrons. The zero-order valence-electron chi connectivity index (χ0n) is 15.0. The lowest BCUT2D eigenvalue weighted by Gasteiger charge is -2.12. The molecule has 1 fully saturated rings. The summed E-state index contributed by atoms with van der Waals surface area (Å²) < 4.78 is 11.9. The normalized spacial score (nSPS) is 15.0. The first-order chi connectivity index (χ1) is 13.4. The third kappa shape index (κ3) is 5.41. The fraction of sp³-hybridized carbons (Fsp3) is 0.200. The summed E-state index contributed by atoms with van der Waals surface area (Å²) in [5.41, 5.74) is 1.79. The second-order valence-electron chi connectivity index (χ2n) is 5.98. The number of thiocarbonyl (C=S) groups is 1. The number of carbonyl (C=O) groups excluding carboxylic acids is 1. The predicted molar refractivity (Wildman–Crippen MR) is 120 cm³/mol. The Morgan fingerprint density at radius 1 is 1.14 bits per heavy atom. The van der Waals surface area contributed by atoms with Crippen molar-refractivity contribution in [3.05, 3.63) is 62.5 Å². The average molecular weight is 454 g/mol. The molecule has 2 aromatic carbocycles. The summed E-state index contributed by atoms with van der Waals surface area (Å²) in [5.74, 6) is 1.06. The number of para-hydroxylation sites is 1. The van der Waals surface area contributed by atoms with Crippen molar-refractivity contribution in [2.75, 3.05) is 13.2 Å². The number of ether oxygens (including phenoxy) is 2. The van der Waals surface area contributed by atoms with Crippen LogP contribution in [0.1, 0.15) is 17.5 Å². The van der Waals surface area contributed by atoms with Crippen LogP contribution in [0, 0.1) is 6.92 Å². The first kappa shape index (κ1) is 21.0. The quantitative estimate of drug-likeness (QED) is 0.333. The Bertz CT molecular complexity index is 924. The number of halogens is 2. The summed E-state index contributed by atoms with van der Waals surface area (Å²) in [5, 5.41) is 3.33. The smallest absolute Gasteiger partial charge is 0.263 e. The van der Waals surface area contributed by atoms with E-state index in [1.165, 1.54) is 11.8 Å². The highest BCUT2D eigenvalue weighted by Crippen LogP contribution is 2.36. The molecule has 146 valence electrons. The highest BCUT2D eigenvalue weighted by atomic mass is 35.5. The maximum absolute atomic E-state index is 11.8. The van der Waals surface area contributed by atoms with Gasteiger partial charge in [-0.1, -0.05) is 65.4 Å². The Balaban J connectivity index is 1.56. The molecular formula is C20H17Cl2NO3S2. The van der Waals surface area contributed by atoms with Crippen LogP contribution in [-0.2, 0) is 4.79 Å². The van der Waals surface area contributed by atoms with Gasteiger partial charge in [0.25, 0.3) is 5.91 Å². The Morgan fingerprint density at radius 2 is 1.82 bits per heavy atom. The van der Waals surface area contributed by atoms with Crippen LogP contribution >= 0.6 is 47.2 Å². The molecular weight excluding hydrogens is 437 g/mol. The van der Waals surface area contributed by atoms with E-state index < -0.39 is 0 Å². The zero-order chi connectivity index (χ0) is 20.1. The van der Waals surface area contributed by atoms with Gasteiger partial charge in [-0.3, -0.25) is 4.79 Å². The van der Waals surface area contributed by atoms with Crippen molar-refractivity contribution in [1.82, 2.24) is 5.32 Å². The van der Waals surface area contributed by atoms with Gasteiger partial charge in [-0.25, -0.2) is 0 Å². The van der Waals surface area contributed by atoms with Crippen molar-refractivity contribution >= 4 is 63.5 Å². The van der Waals surface area contributed by atoms with Crippen molar-refractivity contribution in [2.24, 2.45) is 0 Å². The molecule has 0 atom stereocenters. The first-order valence-corrected chi connectivity index (χ1v) is 10.5. The topological polar surface area (TPSA) is 47.6 Å². The number of nitrogens with one attached hydrogen (secondary N) is 1. The van der Waals surface area contributed by atoms with E-state index >= 15 is 0 Å². The number of carbonyl (C=O) groups is 1. The molecule has 0 aliphatic carbocycles. The van der Waals surface area contributed by atoms with E-state index in [9.17, 15) is 4.79 Å². The molecule has 1 aliphatic rings. The zero-order valence-corrected chi connectivity index (χ0v) is 18.1. The van der Waals surface area contributed by atoms with Gasteiger partial charge in [0.15, 0.2) is 5.75 Å². The Labute approximate surface area is 183 Å². The fourth-order valence-electron chi connectivity index (χ4n) is 2.51. The molecule has 0 spiro atoms. The predicted octanol–water partition coefficient (Wildman–Crippen LogP) is 5.64. The Morgan fingerprint density at radius 3 is 2.46 bits per heavy atom. The van der Waals surface area contributed by atoms with Crippen LogP contribution in [0.2, 0.25) is 10.0 Å². The minimum atomic E-state index is -0.226. The van der Waals surface area contributed by atoms with E-state index in [2.05, 4.69) is 5.32 Å². The van der Waals surface area contributed by atoms with E-state index in [1.807, 2.05) is 31.2 Å². The minimum Gasteiger partial charge on any atom is -0.493 e. The molecule has 28 heavy (non-hydrogen) atoms. The maximum atomic E-state index is 11.8. The van der Waals surface area contributed by atoms with E-state index in [0.717, 1.165) is 11.3 Å². The molecule has 0 unspecified atom stereocenters. The number of thioether (sulfide) groups is 1. The molecule has 0 saturated carbocycles. The van der Waals surface area contributed by atoms with Crippen LogP contribution in [0.3, 0.4) is 0 Å². The number of aryl methyl sites for hydroxylation is 1. The minimum absolute atomic E-state index is 0.226. The van der Waals surface area contributed by atoms with Crippen LogP contribution < -0.4 is 14.8 Å². The molecule has 8 heteroatoms. The third-order valence-electron chi connectivity index (χ3n) is 3.85. The van der Waals surface area contributed by atoms with Gasteiger partial charge in [-0.05, 0) is 42.3 Å². The van der Waals surface area contributed by atoms with Crippen LogP contribution in [0.25, 0.3) is 6.08 Å². The van der Waals surface area contributed by atoms with Crippen molar-refractivity contribution in [1.29, 1.82) is 0 Å². The monoisotopic (exact) mass is 453 g/mol. The average Bonchev–Trinajstić information content (AvgIpc) is 2.95. The van der Waals surface area contributed by atoms with E-state index in [0.29, 0.717) is 50.2 Å². The van der Waals surface area contributed by atoms with Crippen molar-refractivity contribution in [3.8, 4) is 11.5 Å².